The molecule has 0 spiro atoms. The van der Waals surface area contributed by atoms with E-state index >= 15 is 0 Å². The molecule has 1 heterocycles. The summed E-state index contributed by atoms with van der Waals surface area (Å²) in [6, 6.07) is 4.41. The molecule has 2 rings (SSSR count). The summed E-state index contributed by atoms with van der Waals surface area (Å²) in [4.78, 5) is 1.31. The highest BCUT2D eigenvalue weighted by atomic mass is 35.5. The van der Waals surface area contributed by atoms with Gasteiger partial charge in [-0.15, -0.1) is 11.3 Å². The van der Waals surface area contributed by atoms with Crippen molar-refractivity contribution >= 4 is 34.7 Å². The van der Waals surface area contributed by atoms with Crippen LogP contribution in [0.25, 0.3) is 0 Å². The molecule has 0 bridgehead atoms. The predicted octanol–water partition coefficient (Wildman–Crippen LogP) is 3.45. The van der Waals surface area contributed by atoms with Gasteiger partial charge < -0.3 is 0 Å². The molecule has 1 aromatic heterocycles. The van der Waals surface area contributed by atoms with Crippen LogP contribution in [0.4, 0.5) is 0 Å². The summed E-state index contributed by atoms with van der Waals surface area (Å²) in [7, 11) is 0. The maximum Gasteiger partial charge on any atom is 0.0931 e. The van der Waals surface area contributed by atoms with Gasteiger partial charge in [0, 0.05) is 21.9 Å². The highest BCUT2D eigenvalue weighted by Crippen LogP contribution is 2.30. The minimum atomic E-state index is 0.357. The number of halogens is 1. The van der Waals surface area contributed by atoms with Crippen molar-refractivity contribution in [2.75, 3.05) is 5.75 Å². The number of nitrogens with one attached hydrogen (secondary N) is 1. The summed E-state index contributed by atoms with van der Waals surface area (Å²) < 4.78 is 0.860. The fourth-order valence-electron chi connectivity index (χ4n) is 2.18. The van der Waals surface area contributed by atoms with Crippen LogP contribution in [0.3, 0.4) is 0 Å². The second kappa shape index (κ2) is 7.00. The van der Waals surface area contributed by atoms with Crippen LogP contribution in [-0.4, -0.2) is 17.0 Å². The SMILES string of the molecule is NNC(CSC1CCCC1)Cc1ccc(Cl)s1. The molecule has 2 nitrogen and oxygen atoms in total. The van der Waals surface area contributed by atoms with Crippen LogP contribution in [-0.2, 0) is 6.42 Å². The van der Waals surface area contributed by atoms with Crippen LogP contribution in [0.5, 0.6) is 0 Å². The number of nitrogens with two attached hydrogens (primary N) is 1. The molecule has 0 amide bonds. The molecule has 0 radical (unpaired) electrons. The van der Waals surface area contributed by atoms with Crippen LogP contribution in [0.1, 0.15) is 30.6 Å². The maximum atomic E-state index is 5.93. The molecule has 1 aromatic rings. The van der Waals surface area contributed by atoms with Gasteiger partial charge in [-0.1, -0.05) is 24.4 Å². The first-order valence-electron chi connectivity index (χ1n) is 6.10. The Labute approximate surface area is 116 Å². The molecule has 96 valence electrons. The number of hydrogen-bond acceptors (Lipinski definition) is 4. The summed E-state index contributed by atoms with van der Waals surface area (Å²) in [5, 5.41) is 0.859. The quantitative estimate of drug-likeness (QED) is 0.622. The van der Waals surface area contributed by atoms with E-state index in [1.165, 1.54) is 30.6 Å². The van der Waals surface area contributed by atoms with Gasteiger partial charge in [-0.25, -0.2) is 0 Å². The third kappa shape index (κ3) is 4.45. The molecular weight excluding hydrogens is 272 g/mol. The minimum absolute atomic E-state index is 0.357. The first-order chi connectivity index (χ1) is 8.28. The smallest absolute Gasteiger partial charge is 0.0931 e. The Bertz CT molecular complexity index is 337. The second-order valence-corrected chi connectivity index (χ2v) is 7.65. The maximum absolute atomic E-state index is 5.93. The Kier molecular flexibility index (Phi) is 5.63. The third-order valence-electron chi connectivity index (χ3n) is 3.15. The van der Waals surface area contributed by atoms with E-state index in [0.717, 1.165) is 21.8 Å². The monoisotopic (exact) mass is 290 g/mol. The van der Waals surface area contributed by atoms with Crippen LogP contribution < -0.4 is 11.3 Å². The summed E-state index contributed by atoms with van der Waals surface area (Å²) in [6.45, 7) is 0. The molecule has 1 unspecified atom stereocenters. The largest absolute Gasteiger partial charge is 0.271 e. The van der Waals surface area contributed by atoms with Crippen molar-refractivity contribution in [3.63, 3.8) is 0 Å². The topological polar surface area (TPSA) is 38.0 Å². The van der Waals surface area contributed by atoms with Crippen LogP contribution in [0.15, 0.2) is 12.1 Å². The van der Waals surface area contributed by atoms with Gasteiger partial charge >= 0.3 is 0 Å². The van der Waals surface area contributed by atoms with Crippen molar-refractivity contribution in [2.24, 2.45) is 5.84 Å². The Morgan fingerprint density at radius 2 is 2.24 bits per heavy atom. The molecule has 1 aliphatic rings. The van der Waals surface area contributed by atoms with E-state index in [9.17, 15) is 0 Å². The van der Waals surface area contributed by atoms with Gasteiger partial charge in [0.1, 0.15) is 0 Å². The van der Waals surface area contributed by atoms with E-state index in [1.807, 2.05) is 6.07 Å². The highest BCUT2D eigenvalue weighted by molar-refractivity contribution is 7.99. The number of thiophene rings is 1. The lowest BCUT2D eigenvalue weighted by Crippen LogP contribution is -2.38. The van der Waals surface area contributed by atoms with Crippen molar-refractivity contribution in [1.29, 1.82) is 0 Å². The molecule has 1 saturated carbocycles. The summed E-state index contributed by atoms with van der Waals surface area (Å²) in [5.41, 5.74) is 2.93. The average Bonchev–Trinajstić information content (AvgIpc) is 2.96. The molecule has 0 aliphatic heterocycles. The van der Waals surface area contributed by atoms with Crippen LogP contribution >= 0.6 is 34.7 Å². The lowest BCUT2D eigenvalue weighted by atomic mass is 10.2. The van der Waals surface area contributed by atoms with Gasteiger partial charge in [-0.05, 0) is 31.4 Å². The predicted molar refractivity (Wildman–Crippen MR) is 78.9 cm³/mol. The van der Waals surface area contributed by atoms with E-state index in [4.69, 9.17) is 17.4 Å². The summed E-state index contributed by atoms with van der Waals surface area (Å²) in [6.07, 6.45) is 6.55. The van der Waals surface area contributed by atoms with Gasteiger partial charge in [0.05, 0.1) is 4.34 Å². The first kappa shape index (κ1) is 13.7. The summed E-state index contributed by atoms with van der Waals surface area (Å²) >= 11 is 9.65. The van der Waals surface area contributed by atoms with Crippen molar-refractivity contribution in [2.45, 2.75) is 43.4 Å². The molecule has 17 heavy (non-hydrogen) atoms. The first-order valence-corrected chi connectivity index (χ1v) is 8.34. The summed E-state index contributed by atoms with van der Waals surface area (Å²) in [5.74, 6) is 6.71. The zero-order valence-corrected chi connectivity index (χ0v) is 12.2. The number of thioether (sulfide) groups is 1. The molecule has 1 atom stereocenters. The standard InChI is InChI=1S/C12H19ClN2S2/c13-12-6-5-11(17-12)7-9(15-14)8-16-10-3-1-2-4-10/h5-6,9-10,15H,1-4,7-8,14H2. The highest BCUT2D eigenvalue weighted by Gasteiger charge is 2.18. The molecular formula is C12H19ClN2S2. The number of hydrogen-bond donors (Lipinski definition) is 2. The Hall–Kier alpha value is 0.260. The van der Waals surface area contributed by atoms with E-state index < -0.39 is 0 Å². The Morgan fingerprint density at radius 1 is 1.47 bits per heavy atom. The Morgan fingerprint density at radius 3 is 2.82 bits per heavy atom. The van der Waals surface area contributed by atoms with Crippen molar-refractivity contribution in [3.8, 4) is 0 Å². The van der Waals surface area contributed by atoms with Gasteiger partial charge in [0.2, 0.25) is 0 Å². The van der Waals surface area contributed by atoms with E-state index in [-0.39, 0.29) is 0 Å². The van der Waals surface area contributed by atoms with Gasteiger partial charge in [0.25, 0.3) is 0 Å². The van der Waals surface area contributed by atoms with Crippen molar-refractivity contribution < 1.29 is 0 Å². The third-order valence-corrected chi connectivity index (χ3v) is 5.94. The van der Waals surface area contributed by atoms with Crippen molar-refractivity contribution in [3.05, 3.63) is 21.3 Å². The van der Waals surface area contributed by atoms with E-state index in [2.05, 4.69) is 23.3 Å². The lowest BCUT2D eigenvalue weighted by Gasteiger charge is -2.17. The van der Waals surface area contributed by atoms with Gasteiger partial charge in [-0.3, -0.25) is 11.3 Å². The van der Waals surface area contributed by atoms with E-state index in [0.29, 0.717) is 6.04 Å². The Balaban J connectivity index is 1.75. The molecule has 0 aromatic carbocycles. The zero-order valence-electron chi connectivity index (χ0n) is 9.82. The molecule has 0 saturated heterocycles. The fourth-order valence-corrected chi connectivity index (χ4v) is 4.73. The minimum Gasteiger partial charge on any atom is -0.271 e. The van der Waals surface area contributed by atoms with Crippen LogP contribution in [0, 0.1) is 0 Å². The van der Waals surface area contributed by atoms with E-state index in [1.54, 1.807) is 11.3 Å². The molecule has 3 N–H and O–H groups in total. The zero-order chi connectivity index (χ0) is 12.1. The molecule has 5 heteroatoms. The van der Waals surface area contributed by atoms with Gasteiger partial charge in [0.15, 0.2) is 0 Å². The second-order valence-electron chi connectivity index (χ2n) is 4.51. The lowest BCUT2D eigenvalue weighted by molar-refractivity contribution is 0.578. The number of hydrazine groups is 1. The normalized spacial score (nSPS) is 18.7. The average molecular weight is 291 g/mol. The van der Waals surface area contributed by atoms with Crippen LogP contribution in [0.2, 0.25) is 4.34 Å². The van der Waals surface area contributed by atoms with Gasteiger partial charge in [-0.2, -0.15) is 11.8 Å². The fraction of sp³-hybridized carbons (Fsp3) is 0.667. The van der Waals surface area contributed by atoms with Crippen molar-refractivity contribution in [1.82, 2.24) is 5.43 Å². The number of rotatable bonds is 6. The molecule has 1 fully saturated rings. The molecule has 1 aliphatic carbocycles.